The first kappa shape index (κ1) is 32.4. The van der Waals surface area contributed by atoms with E-state index in [0.29, 0.717) is 0 Å². The molecule has 1 nitrogen and oxygen atoms in total. The molecule has 272 valence electrons. The van der Waals surface area contributed by atoms with Crippen LogP contribution in [0, 0.1) is 0 Å². The maximum Gasteiger partial charge on any atom is 0.136 e. The highest BCUT2D eigenvalue weighted by Gasteiger charge is 2.16. The summed E-state index contributed by atoms with van der Waals surface area (Å²) in [5, 5.41) is 20.1. The molecule has 0 aliphatic carbocycles. The Bertz CT molecular complexity index is 3900. The maximum atomic E-state index is 6.64. The molecule has 0 bridgehead atoms. The normalized spacial score (nSPS) is 12.1. The van der Waals surface area contributed by atoms with Crippen LogP contribution in [0.4, 0.5) is 0 Å². The van der Waals surface area contributed by atoms with Crippen LogP contribution in [0.15, 0.2) is 211 Å². The van der Waals surface area contributed by atoms with Crippen molar-refractivity contribution < 1.29 is 4.42 Å². The van der Waals surface area contributed by atoms with Crippen molar-refractivity contribution in [1.82, 2.24) is 0 Å². The molecule has 59 heavy (non-hydrogen) atoms. The van der Waals surface area contributed by atoms with Crippen LogP contribution < -0.4 is 0 Å². The summed E-state index contributed by atoms with van der Waals surface area (Å²) in [5.74, 6) is 0. The molecule has 0 aliphatic rings. The lowest BCUT2D eigenvalue weighted by Gasteiger charge is -2.15. The molecule has 12 aromatic carbocycles. The second kappa shape index (κ2) is 12.4. The van der Waals surface area contributed by atoms with Crippen molar-refractivity contribution in [3.8, 4) is 33.4 Å². The van der Waals surface area contributed by atoms with Gasteiger partial charge in [-0.1, -0.05) is 158 Å². The number of rotatable bonds is 3. The number of fused-ring (bicyclic) bond motifs is 14. The molecule has 1 aromatic heterocycles. The summed E-state index contributed by atoms with van der Waals surface area (Å²) in [6.07, 6.45) is 0. The topological polar surface area (TPSA) is 13.1 Å². The third-order valence-electron chi connectivity index (χ3n) is 12.8. The van der Waals surface area contributed by atoms with Crippen LogP contribution >= 0.6 is 0 Å². The Morgan fingerprint density at radius 3 is 1.42 bits per heavy atom. The summed E-state index contributed by atoms with van der Waals surface area (Å²) in [4.78, 5) is 0. The van der Waals surface area contributed by atoms with E-state index in [0.717, 1.165) is 33.1 Å². The van der Waals surface area contributed by atoms with Gasteiger partial charge in [0.1, 0.15) is 11.2 Å². The second-order valence-electron chi connectivity index (χ2n) is 16.0. The minimum absolute atomic E-state index is 0.900. The van der Waals surface area contributed by atoms with Crippen molar-refractivity contribution in [2.24, 2.45) is 0 Å². The van der Waals surface area contributed by atoms with E-state index in [-0.39, 0.29) is 0 Å². The van der Waals surface area contributed by atoms with Crippen molar-refractivity contribution in [3.05, 3.63) is 206 Å². The van der Waals surface area contributed by atoms with Gasteiger partial charge in [0.2, 0.25) is 0 Å². The minimum Gasteiger partial charge on any atom is -0.456 e. The van der Waals surface area contributed by atoms with Crippen molar-refractivity contribution in [2.45, 2.75) is 0 Å². The van der Waals surface area contributed by atoms with E-state index in [1.165, 1.54) is 97.7 Å². The summed E-state index contributed by atoms with van der Waals surface area (Å²) < 4.78 is 6.64. The molecular formula is C58H34O. The third kappa shape index (κ3) is 4.92. The van der Waals surface area contributed by atoms with Crippen LogP contribution in [0.3, 0.4) is 0 Å². The highest BCUT2D eigenvalue weighted by Crippen LogP contribution is 2.43. The number of furan rings is 1. The largest absolute Gasteiger partial charge is 0.456 e. The molecule has 0 spiro atoms. The van der Waals surface area contributed by atoms with Gasteiger partial charge >= 0.3 is 0 Å². The van der Waals surface area contributed by atoms with Gasteiger partial charge in [-0.3, -0.25) is 0 Å². The van der Waals surface area contributed by atoms with Crippen molar-refractivity contribution in [3.63, 3.8) is 0 Å². The molecule has 1 heteroatoms. The minimum atomic E-state index is 0.900. The Labute approximate surface area is 340 Å². The number of hydrogen-bond donors (Lipinski definition) is 0. The molecule has 0 radical (unpaired) electrons. The molecule has 0 fully saturated rings. The average Bonchev–Trinajstić information content (AvgIpc) is 3.67. The fourth-order valence-electron chi connectivity index (χ4n) is 9.94. The van der Waals surface area contributed by atoms with E-state index in [9.17, 15) is 0 Å². The summed E-state index contributed by atoms with van der Waals surface area (Å²) in [5.41, 5.74) is 8.98. The Morgan fingerprint density at radius 1 is 0.220 bits per heavy atom. The highest BCUT2D eigenvalue weighted by atomic mass is 16.3. The van der Waals surface area contributed by atoms with Gasteiger partial charge in [0.25, 0.3) is 0 Å². The fourth-order valence-corrected chi connectivity index (χ4v) is 9.94. The molecule has 0 amide bonds. The van der Waals surface area contributed by atoms with Crippen molar-refractivity contribution in [2.75, 3.05) is 0 Å². The first-order valence-electron chi connectivity index (χ1n) is 20.4. The first-order valence-corrected chi connectivity index (χ1v) is 20.4. The zero-order valence-electron chi connectivity index (χ0n) is 32.0. The van der Waals surface area contributed by atoms with Crippen LogP contribution in [-0.4, -0.2) is 0 Å². The van der Waals surface area contributed by atoms with E-state index < -0.39 is 0 Å². The monoisotopic (exact) mass is 746 g/mol. The van der Waals surface area contributed by atoms with Crippen LogP contribution in [0.1, 0.15) is 0 Å². The lowest BCUT2D eigenvalue weighted by molar-refractivity contribution is 0.669. The molecule has 0 unspecified atom stereocenters. The number of hydrogen-bond acceptors (Lipinski definition) is 1. The van der Waals surface area contributed by atoms with Crippen LogP contribution in [0.5, 0.6) is 0 Å². The summed E-state index contributed by atoms with van der Waals surface area (Å²) >= 11 is 0. The highest BCUT2D eigenvalue weighted by molar-refractivity contribution is 6.29. The van der Waals surface area contributed by atoms with Gasteiger partial charge in [0.05, 0.1) is 0 Å². The van der Waals surface area contributed by atoms with Gasteiger partial charge in [0, 0.05) is 10.8 Å². The van der Waals surface area contributed by atoms with Crippen LogP contribution in [-0.2, 0) is 0 Å². The lowest BCUT2D eigenvalue weighted by atomic mass is 9.88. The van der Waals surface area contributed by atoms with E-state index >= 15 is 0 Å². The maximum absolute atomic E-state index is 6.64. The van der Waals surface area contributed by atoms with Gasteiger partial charge in [-0.05, 0) is 157 Å². The smallest absolute Gasteiger partial charge is 0.136 e. The van der Waals surface area contributed by atoms with Crippen molar-refractivity contribution in [1.29, 1.82) is 0 Å². The zero-order valence-corrected chi connectivity index (χ0v) is 32.0. The summed E-state index contributed by atoms with van der Waals surface area (Å²) in [6, 6.07) is 75.8. The first-order chi connectivity index (χ1) is 29.2. The quantitative estimate of drug-likeness (QED) is 0.164. The number of benzene rings is 12. The van der Waals surface area contributed by atoms with Gasteiger partial charge in [-0.2, -0.15) is 0 Å². The molecule has 13 rings (SSSR count). The SMILES string of the molecule is c1ccc2c(c1)cc(-c1ccc3c(c1)oc1cc(-c4ccc5cc(-c6cc7ccc8ccc9ccccc9c8c7c7ccccc67)ccc5c4)ccc13)c1ccccc12. The molecular weight excluding hydrogens is 713 g/mol. The van der Waals surface area contributed by atoms with E-state index in [1.54, 1.807) is 0 Å². The van der Waals surface area contributed by atoms with Gasteiger partial charge < -0.3 is 4.42 Å². The van der Waals surface area contributed by atoms with Crippen molar-refractivity contribution >= 4 is 97.3 Å². The Morgan fingerprint density at radius 2 is 0.661 bits per heavy atom. The Balaban J connectivity index is 0.886. The Hall–Kier alpha value is -7.74. The van der Waals surface area contributed by atoms with E-state index in [1.807, 2.05) is 0 Å². The summed E-state index contributed by atoms with van der Waals surface area (Å²) in [7, 11) is 0. The third-order valence-corrected chi connectivity index (χ3v) is 12.8. The molecule has 0 saturated carbocycles. The lowest BCUT2D eigenvalue weighted by Crippen LogP contribution is -1.88. The average molecular weight is 747 g/mol. The van der Waals surface area contributed by atoms with Crippen LogP contribution in [0.25, 0.3) is 131 Å². The fraction of sp³-hybridized carbons (Fsp3) is 0. The molecule has 0 saturated heterocycles. The van der Waals surface area contributed by atoms with E-state index in [2.05, 4.69) is 206 Å². The van der Waals surface area contributed by atoms with Gasteiger partial charge in [-0.15, -0.1) is 0 Å². The molecule has 0 N–H and O–H groups in total. The molecule has 0 aliphatic heterocycles. The molecule has 0 atom stereocenters. The zero-order chi connectivity index (χ0) is 38.6. The van der Waals surface area contributed by atoms with Gasteiger partial charge in [-0.25, -0.2) is 0 Å². The summed E-state index contributed by atoms with van der Waals surface area (Å²) in [6.45, 7) is 0. The predicted molar refractivity (Wildman–Crippen MR) is 253 cm³/mol. The second-order valence-corrected chi connectivity index (χ2v) is 16.0. The Kier molecular flexibility index (Phi) is 6.79. The predicted octanol–water partition coefficient (Wildman–Crippen LogP) is 16.7. The molecule has 1 heterocycles. The standard InChI is InChI=1S/C58H34O/c1-4-12-46-35(9-1)17-18-36-19-24-44-32-54(49-15-7-8-16-52(49)58(44)57(36)46)42-23-22-37-29-38(20-21-39(37)30-42)40-25-27-50-51-28-26-43(34-56(51)59-55(50)33-40)53-31-41-10-2-3-11-45(41)47-13-5-6-14-48(47)53/h1-34H. The van der Waals surface area contributed by atoms with E-state index in [4.69, 9.17) is 4.42 Å². The van der Waals surface area contributed by atoms with Crippen LogP contribution in [0.2, 0.25) is 0 Å². The van der Waals surface area contributed by atoms with Gasteiger partial charge in [0.15, 0.2) is 0 Å². The molecule has 13 aromatic rings.